The molecule has 5 heteroatoms. The number of nitrogens with zero attached hydrogens (tertiary/aromatic N) is 3. The van der Waals surface area contributed by atoms with Gasteiger partial charge in [0.25, 0.3) is 0 Å². The van der Waals surface area contributed by atoms with Crippen LogP contribution in [0.4, 0.5) is 0 Å². The molecule has 0 aromatic carbocycles. The van der Waals surface area contributed by atoms with Gasteiger partial charge < -0.3 is 9.64 Å². The topological polar surface area (TPSA) is 36.0 Å². The molecule has 2 aliphatic heterocycles. The van der Waals surface area contributed by atoms with E-state index in [-0.39, 0.29) is 0 Å². The molecule has 0 bridgehead atoms. The number of piperazine rings is 1. The Labute approximate surface area is 129 Å². The van der Waals surface area contributed by atoms with Crippen molar-refractivity contribution >= 4 is 5.91 Å². The lowest BCUT2D eigenvalue weighted by Crippen LogP contribution is -2.52. The standard InChI is InChI=1S/C16H31N3O2/c1-3-15-6-4-5-7-19(15)16(20)14-18-10-8-17(9-11-18)12-13-21-2/h15H,3-14H2,1-2H3. The molecule has 0 N–H and O–H groups in total. The predicted molar refractivity (Wildman–Crippen MR) is 84.4 cm³/mol. The number of methoxy groups -OCH3 is 1. The van der Waals surface area contributed by atoms with Gasteiger partial charge in [-0.1, -0.05) is 6.92 Å². The Balaban J connectivity index is 1.73. The molecule has 0 aliphatic carbocycles. The zero-order valence-corrected chi connectivity index (χ0v) is 13.7. The molecule has 2 heterocycles. The molecule has 1 unspecified atom stereocenters. The molecule has 2 aliphatic rings. The van der Waals surface area contributed by atoms with Gasteiger partial charge in [-0.2, -0.15) is 0 Å². The number of amides is 1. The molecule has 21 heavy (non-hydrogen) atoms. The molecular formula is C16H31N3O2. The Morgan fingerprint density at radius 1 is 1.10 bits per heavy atom. The van der Waals surface area contributed by atoms with Gasteiger partial charge >= 0.3 is 0 Å². The maximum absolute atomic E-state index is 12.5. The van der Waals surface area contributed by atoms with Crippen molar-refractivity contribution in [2.45, 2.75) is 38.6 Å². The third-order valence-corrected chi connectivity index (χ3v) is 4.85. The van der Waals surface area contributed by atoms with Crippen molar-refractivity contribution in [2.75, 3.05) is 59.5 Å². The minimum Gasteiger partial charge on any atom is -0.383 e. The summed E-state index contributed by atoms with van der Waals surface area (Å²) in [5, 5.41) is 0. The van der Waals surface area contributed by atoms with Crippen LogP contribution in [0.3, 0.4) is 0 Å². The van der Waals surface area contributed by atoms with E-state index >= 15 is 0 Å². The third kappa shape index (κ3) is 4.94. The Morgan fingerprint density at radius 2 is 1.81 bits per heavy atom. The Hall–Kier alpha value is -0.650. The van der Waals surface area contributed by atoms with Crippen LogP contribution in [0.15, 0.2) is 0 Å². The van der Waals surface area contributed by atoms with Crippen LogP contribution in [-0.4, -0.2) is 86.2 Å². The second-order valence-corrected chi connectivity index (χ2v) is 6.26. The summed E-state index contributed by atoms with van der Waals surface area (Å²) in [4.78, 5) is 19.4. The summed E-state index contributed by atoms with van der Waals surface area (Å²) in [6.45, 7) is 9.67. The van der Waals surface area contributed by atoms with E-state index in [0.29, 0.717) is 18.5 Å². The molecule has 1 atom stereocenters. The summed E-state index contributed by atoms with van der Waals surface area (Å²) in [5.41, 5.74) is 0. The first-order valence-corrected chi connectivity index (χ1v) is 8.47. The largest absolute Gasteiger partial charge is 0.383 e. The number of carbonyl (C=O) groups excluding carboxylic acids is 1. The third-order valence-electron chi connectivity index (χ3n) is 4.85. The van der Waals surface area contributed by atoms with Crippen LogP contribution in [0.5, 0.6) is 0 Å². The van der Waals surface area contributed by atoms with E-state index in [2.05, 4.69) is 21.6 Å². The molecular weight excluding hydrogens is 266 g/mol. The second-order valence-electron chi connectivity index (χ2n) is 6.26. The van der Waals surface area contributed by atoms with Crippen LogP contribution in [-0.2, 0) is 9.53 Å². The van der Waals surface area contributed by atoms with Crippen molar-refractivity contribution in [1.29, 1.82) is 0 Å². The zero-order chi connectivity index (χ0) is 15.1. The Morgan fingerprint density at radius 3 is 2.48 bits per heavy atom. The van der Waals surface area contributed by atoms with Crippen molar-refractivity contribution in [3.8, 4) is 0 Å². The van der Waals surface area contributed by atoms with Gasteiger partial charge in [0, 0.05) is 52.4 Å². The molecule has 1 amide bonds. The van der Waals surface area contributed by atoms with Gasteiger partial charge in [-0.05, 0) is 25.7 Å². The van der Waals surface area contributed by atoms with E-state index < -0.39 is 0 Å². The lowest BCUT2D eigenvalue weighted by atomic mass is 10.00. The maximum Gasteiger partial charge on any atom is 0.236 e. The highest BCUT2D eigenvalue weighted by Crippen LogP contribution is 2.19. The van der Waals surface area contributed by atoms with E-state index in [4.69, 9.17) is 4.74 Å². The molecule has 0 spiro atoms. The van der Waals surface area contributed by atoms with Gasteiger partial charge in [0.05, 0.1) is 13.2 Å². The van der Waals surface area contributed by atoms with Gasteiger partial charge in [-0.3, -0.25) is 14.6 Å². The van der Waals surface area contributed by atoms with Crippen molar-refractivity contribution in [3.05, 3.63) is 0 Å². The molecule has 0 radical (unpaired) electrons. The van der Waals surface area contributed by atoms with E-state index in [1.165, 1.54) is 19.3 Å². The molecule has 0 aromatic rings. The summed E-state index contributed by atoms with van der Waals surface area (Å²) in [7, 11) is 1.75. The van der Waals surface area contributed by atoms with E-state index in [1.54, 1.807) is 7.11 Å². The number of rotatable bonds is 6. The lowest BCUT2D eigenvalue weighted by molar-refractivity contribution is -0.136. The SMILES string of the molecule is CCC1CCCCN1C(=O)CN1CCN(CCOC)CC1. The highest BCUT2D eigenvalue weighted by Gasteiger charge is 2.27. The average Bonchev–Trinajstić information content (AvgIpc) is 2.54. The van der Waals surface area contributed by atoms with Crippen LogP contribution < -0.4 is 0 Å². The summed E-state index contributed by atoms with van der Waals surface area (Å²) in [6, 6.07) is 0.481. The first-order chi connectivity index (χ1) is 10.2. The van der Waals surface area contributed by atoms with E-state index in [1.807, 2.05) is 0 Å². The molecule has 2 fully saturated rings. The quantitative estimate of drug-likeness (QED) is 0.734. The fraction of sp³-hybridized carbons (Fsp3) is 0.938. The monoisotopic (exact) mass is 297 g/mol. The lowest BCUT2D eigenvalue weighted by Gasteiger charge is -2.38. The smallest absolute Gasteiger partial charge is 0.236 e. The van der Waals surface area contributed by atoms with Gasteiger partial charge in [-0.25, -0.2) is 0 Å². The minimum atomic E-state index is 0.340. The average molecular weight is 297 g/mol. The van der Waals surface area contributed by atoms with E-state index in [9.17, 15) is 4.79 Å². The Kier molecular flexibility index (Phi) is 6.93. The summed E-state index contributed by atoms with van der Waals surface area (Å²) in [6.07, 6.45) is 4.73. The second kappa shape index (κ2) is 8.71. The molecule has 0 aromatic heterocycles. The van der Waals surface area contributed by atoms with Crippen LogP contribution in [0.2, 0.25) is 0 Å². The van der Waals surface area contributed by atoms with Crippen molar-refractivity contribution < 1.29 is 9.53 Å². The number of carbonyl (C=O) groups is 1. The maximum atomic E-state index is 12.5. The van der Waals surface area contributed by atoms with E-state index in [0.717, 1.165) is 52.3 Å². The molecule has 5 nitrogen and oxygen atoms in total. The molecule has 0 saturated carbocycles. The Bertz CT molecular complexity index is 317. The van der Waals surface area contributed by atoms with Crippen molar-refractivity contribution in [3.63, 3.8) is 0 Å². The van der Waals surface area contributed by atoms with Crippen LogP contribution in [0.1, 0.15) is 32.6 Å². The number of ether oxygens (including phenoxy) is 1. The number of piperidine rings is 1. The van der Waals surface area contributed by atoms with Crippen molar-refractivity contribution in [1.82, 2.24) is 14.7 Å². The van der Waals surface area contributed by atoms with Gasteiger partial charge in [-0.15, -0.1) is 0 Å². The molecule has 122 valence electrons. The highest BCUT2D eigenvalue weighted by molar-refractivity contribution is 5.78. The van der Waals surface area contributed by atoms with Crippen LogP contribution in [0, 0.1) is 0 Å². The van der Waals surface area contributed by atoms with Crippen LogP contribution >= 0.6 is 0 Å². The van der Waals surface area contributed by atoms with Gasteiger partial charge in [0.2, 0.25) is 5.91 Å². The first-order valence-electron chi connectivity index (χ1n) is 8.47. The van der Waals surface area contributed by atoms with Crippen molar-refractivity contribution in [2.24, 2.45) is 0 Å². The summed E-state index contributed by atoms with van der Waals surface area (Å²) >= 11 is 0. The minimum absolute atomic E-state index is 0.340. The number of hydrogen-bond donors (Lipinski definition) is 0. The normalized spacial score (nSPS) is 25.2. The van der Waals surface area contributed by atoms with Gasteiger partial charge in [0.1, 0.15) is 0 Å². The van der Waals surface area contributed by atoms with Gasteiger partial charge in [0.15, 0.2) is 0 Å². The fourth-order valence-corrected chi connectivity index (χ4v) is 3.43. The highest BCUT2D eigenvalue weighted by atomic mass is 16.5. The zero-order valence-electron chi connectivity index (χ0n) is 13.7. The predicted octanol–water partition coefficient (Wildman–Crippen LogP) is 1.04. The first kappa shape index (κ1) is 16.7. The van der Waals surface area contributed by atoms with Crippen LogP contribution in [0.25, 0.3) is 0 Å². The number of hydrogen-bond acceptors (Lipinski definition) is 4. The summed E-state index contributed by atoms with van der Waals surface area (Å²) in [5.74, 6) is 0.340. The number of likely N-dealkylation sites (tertiary alicyclic amines) is 1. The fourth-order valence-electron chi connectivity index (χ4n) is 3.43. The molecule has 2 rings (SSSR count). The molecule has 2 saturated heterocycles. The summed E-state index contributed by atoms with van der Waals surface area (Å²) < 4.78 is 5.12.